The fraction of sp³-hybridized carbons (Fsp3) is 0.125. The summed E-state index contributed by atoms with van der Waals surface area (Å²) in [5, 5.41) is 0.436. The van der Waals surface area contributed by atoms with Crippen LogP contribution in [0.1, 0.15) is 5.69 Å². The molecule has 4 heteroatoms. The van der Waals surface area contributed by atoms with Gasteiger partial charge in [0.2, 0.25) is 0 Å². The third kappa shape index (κ3) is 0.940. The maximum Gasteiger partial charge on any atom is 0.331 e. The molecule has 2 rings (SSSR count). The zero-order valence-electron chi connectivity index (χ0n) is 6.47. The normalized spacial score (nSPS) is 10.8. The van der Waals surface area contributed by atoms with Gasteiger partial charge in [-0.2, -0.15) is 0 Å². The minimum absolute atomic E-state index is 0.194. The first-order valence-electron chi connectivity index (χ1n) is 3.55. The quantitative estimate of drug-likeness (QED) is 0.660. The molecule has 0 spiro atoms. The van der Waals surface area contributed by atoms with Crippen LogP contribution in [0.2, 0.25) is 5.15 Å². The molecule has 0 radical (unpaired) electrons. The van der Waals surface area contributed by atoms with Crippen LogP contribution in [-0.4, -0.2) is 9.38 Å². The van der Waals surface area contributed by atoms with Crippen LogP contribution in [-0.2, 0) is 0 Å². The highest BCUT2D eigenvalue weighted by Crippen LogP contribution is 2.11. The van der Waals surface area contributed by atoms with Crippen LogP contribution in [0, 0.1) is 6.92 Å². The summed E-state index contributed by atoms with van der Waals surface area (Å²) in [6.07, 6.45) is 0. The Morgan fingerprint density at radius 1 is 1.50 bits per heavy atom. The Hall–Kier alpha value is -1.22. The molecule has 0 amide bonds. The molecule has 0 aromatic carbocycles. The maximum absolute atomic E-state index is 11.3. The van der Waals surface area contributed by atoms with Crippen molar-refractivity contribution < 1.29 is 0 Å². The molecule has 0 atom stereocenters. The van der Waals surface area contributed by atoms with Crippen molar-refractivity contribution in [3.63, 3.8) is 0 Å². The smallest absolute Gasteiger partial charge is 0.311 e. The van der Waals surface area contributed by atoms with E-state index in [1.54, 1.807) is 6.07 Å². The number of fused-ring (bicyclic) bond motifs is 1. The SMILES string of the molecule is Cc1cc2ccc(Cl)n2c(=O)[nH]1. The second-order valence-corrected chi connectivity index (χ2v) is 3.06. The second kappa shape index (κ2) is 2.38. The Balaban J connectivity index is 3.03. The number of rotatable bonds is 0. The summed E-state index contributed by atoms with van der Waals surface area (Å²) in [7, 11) is 0. The van der Waals surface area contributed by atoms with Crippen LogP contribution in [0.4, 0.5) is 0 Å². The van der Waals surface area contributed by atoms with E-state index in [9.17, 15) is 4.79 Å². The van der Waals surface area contributed by atoms with Gasteiger partial charge in [0.1, 0.15) is 5.15 Å². The number of nitrogens with one attached hydrogen (secondary N) is 1. The Morgan fingerprint density at radius 3 is 3.00 bits per heavy atom. The molecular formula is C8H7ClN2O. The predicted molar refractivity (Wildman–Crippen MR) is 47.8 cm³/mol. The van der Waals surface area contributed by atoms with Crippen molar-refractivity contribution in [2.24, 2.45) is 0 Å². The lowest BCUT2D eigenvalue weighted by Gasteiger charge is -1.96. The lowest BCUT2D eigenvalue weighted by atomic mass is 10.4. The largest absolute Gasteiger partial charge is 0.331 e. The molecule has 0 saturated heterocycles. The van der Waals surface area contributed by atoms with E-state index in [0.29, 0.717) is 5.15 Å². The number of H-pyrrole nitrogens is 1. The first-order chi connectivity index (χ1) is 5.68. The molecule has 0 saturated carbocycles. The number of aryl methyl sites for hydroxylation is 1. The molecule has 0 unspecified atom stereocenters. The number of halogens is 1. The van der Waals surface area contributed by atoms with Gasteiger partial charge in [0, 0.05) is 5.69 Å². The predicted octanol–water partition coefficient (Wildman–Crippen LogP) is 1.59. The van der Waals surface area contributed by atoms with Gasteiger partial charge < -0.3 is 4.98 Å². The lowest BCUT2D eigenvalue weighted by Crippen LogP contribution is -2.16. The van der Waals surface area contributed by atoms with Crippen molar-refractivity contribution in [3.8, 4) is 0 Å². The zero-order chi connectivity index (χ0) is 8.72. The zero-order valence-corrected chi connectivity index (χ0v) is 7.22. The number of aromatic amines is 1. The minimum Gasteiger partial charge on any atom is -0.311 e. The van der Waals surface area contributed by atoms with E-state index in [1.165, 1.54) is 4.40 Å². The van der Waals surface area contributed by atoms with Gasteiger partial charge in [-0.25, -0.2) is 4.79 Å². The van der Waals surface area contributed by atoms with Crippen molar-refractivity contribution in [2.75, 3.05) is 0 Å². The van der Waals surface area contributed by atoms with Crippen LogP contribution in [0.25, 0.3) is 5.52 Å². The van der Waals surface area contributed by atoms with E-state index in [2.05, 4.69) is 4.98 Å². The fourth-order valence-electron chi connectivity index (χ4n) is 1.24. The molecular weight excluding hydrogens is 176 g/mol. The van der Waals surface area contributed by atoms with Crippen LogP contribution in [0.3, 0.4) is 0 Å². The molecule has 0 aliphatic carbocycles. The van der Waals surface area contributed by atoms with Gasteiger partial charge in [0.15, 0.2) is 0 Å². The van der Waals surface area contributed by atoms with Crippen molar-refractivity contribution in [2.45, 2.75) is 6.92 Å². The van der Waals surface area contributed by atoms with E-state index < -0.39 is 0 Å². The van der Waals surface area contributed by atoms with Crippen molar-refractivity contribution in [1.29, 1.82) is 0 Å². The van der Waals surface area contributed by atoms with Gasteiger partial charge in [0.25, 0.3) is 0 Å². The molecule has 0 fully saturated rings. The Labute approximate surface area is 73.6 Å². The van der Waals surface area contributed by atoms with Crippen molar-refractivity contribution >= 4 is 17.1 Å². The van der Waals surface area contributed by atoms with Crippen LogP contribution in [0.5, 0.6) is 0 Å². The summed E-state index contributed by atoms with van der Waals surface area (Å²) < 4.78 is 1.43. The van der Waals surface area contributed by atoms with Gasteiger partial charge in [-0.3, -0.25) is 4.40 Å². The summed E-state index contributed by atoms with van der Waals surface area (Å²) in [6, 6.07) is 5.38. The topological polar surface area (TPSA) is 37.3 Å². The average Bonchev–Trinajstić information content (AvgIpc) is 2.31. The molecule has 2 aromatic heterocycles. The monoisotopic (exact) mass is 182 g/mol. The molecule has 12 heavy (non-hydrogen) atoms. The summed E-state index contributed by atoms with van der Waals surface area (Å²) in [5.74, 6) is 0. The number of hydrogen-bond acceptors (Lipinski definition) is 1. The second-order valence-electron chi connectivity index (χ2n) is 2.67. The van der Waals surface area contributed by atoms with Gasteiger partial charge in [-0.05, 0) is 25.1 Å². The van der Waals surface area contributed by atoms with E-state index in [1.807, 2.05) is 19.1 Å². The molecule has 1 N–H and O–H groups in total. The Morgan fingerprint density at radius 2 is 2.25 bits per heavy atom. The highest BCUT2D eigenvalue weighted by molar-refractivity contribution is 6.30. The molecule has 2 heterocycles. The Bertz CT molecular complexity index is 483. The van der Waals surface area contributed by atoms with E-state index in [-0.39, 0.29) is 5.69 Å². The lowest BCUT2D eigenvalue weighted by molar-refractivity contribution is 0.979. The molecule has 0 aliphatic heterocycles. The van der Waals surface area contributed by atoms with Crippen molar-refractivity contribution in [1.82, 2.24) is 9.38 Å². The summed E-state index contributed by atoms with van der Waals surface area (Å²) in [5.41, 5.74) is 1.46. The number of nitrogens with zero attached hydrogens (tertiary/aromatic N) is 1. The molecule has 0 bridgehead atoms. The summed E-state index contributed by atoms with van der Waals surface area (Å²) >= 11 is 5.77. The van der Waals surface area contributed by atoms with Gasteiger partial charge in [0.05, 0.1) is 5.52 Å². The molecule has 0 aliphatic rings. The third-order valence-corrected chi connectivity index (χ3v) is 2.03. The van der Waals surface area contributed by atoms with E-state index in [4.69, 9.17) is 11.6 Å². The van der Waals surface area contributed by atoms with Crippen LogP contribution < -0.4 is 5.69 Å². The van der Waals surface area contributed by atoms with E-state index in [0.717, 1.165) is 11.2 Å². The standard InChI is InChI=1S/C8H7ClN2O/c1-5-4-6-2-3-7(9)11(6)8(12)10-5/h2-4H,1H3,(H,10,12). The fourth-order valence-corrected chi connectivity index (χ4v) is 1.47. The Kier molecular flexibility index (Phi) is 1.48. The molecule has 2 aromatic rings. The summed E-state index contributed by atoms with van der Waals surface area (Å²) in [6.45, 7) is 1.84. The van der Waals surface area contributed by atoms with E-state index >= 15 is 0 Å². The van der Waals surface area contributed by atoms with Gasteiger partial charge in [-0.1, -0.05) is 11.6 Å². The number of aromatic nitrogens is 2. The third-order valence-electron chi connectivity index (χ3n) is 1.74. The van der Waals surface area contributed by atoms with Gasteiger partial charge >= 0.3 is 5.69 Å². The van der Waals surface area contributed by atoms with Crippen molar-refractivity contribution in [3.05, 3.63) is 39.5 Å². The molecule has 62 valence electrons. The highest BCUT2D eigenvalue weighted by atomic mass is 35.5. The van der Waals surface area contributed by atoms with Crippen LogP contribution >= 0.6 is 11.6 Å². The first kappa shape index (κ1) is 7.43. The maximum atomic E-state index is 11.3. The minimum atomic E-state index is -0.194. The van der Waals surface area contributed by atoms with Gasteiger partial charge in [-0.15, -0.1) is 0 Å². The van der Waals surface area contributed by atoms with Crippen LogP contribution in [0.15, 0.2) is 23.0 Å². The highest BCUT2D eigenvalue weighted by Gasteiger charge is 2.01. The first-order valence-corrected chi connectivity index (χ1v) is 3.93. The molecule has 3 nitrogen and oxygen atoms in total. The summed E-state index contributed by atoms with van der Waals surface area (Å²) in [4.78, 5) is 14.0. The average molecular weight is 183 g/mol. The number of hydrogen-bond donors (Lipinski definition) is 1.